The number of imide groups is 1. The lowest BCUT2D eigenvalue weighted by atomic mass is 9.97. The molecule has 1 fully saturated rings. The number of halogens is 1. The highest BCUT2D eigenvalue weighted by Crippen LogP contribution is 2.37. The van der Waals surface area contributed by atoms with E-state index < -0.39 is 5.97 Å². The molecule has 1 atom stereocenters. The summed E-state index contributed by atoms with van der Waals surface area (Å²) in [5.74, 6) is -0.937. The van der Waals surface area contributed by atoms with Crippen molar-refractivity contribution >= 4 is 29.4 Å². The Kier molecular flexibility index (Phi) is 5.72. The third-order valence-electron chi connectivity index (χ3n) is 5.22. The molecule has 2 aliphatic rings. The number of carbonyl (C=O) groups is 3. The van der Waals surface area contributed by atoms with Gasteiger partial charge in [0.15, 0.2) is 0 Å². The summed E-state index contributed by atoms with van der Waals surface area (Å²) in [4.78, 5) is 38.7. The average Bonchev–Trinajstić information content (AvgIpc) is 2.77. The number of methoxy groups -OCH3 is 1. The Balaban J connectivity index is 1.86. The first-order valence-electron chi connectivity index (χ1n) is 8.95. The first kappa shape index (κ1) is 19.6. The van der Waals surface area contributed by atoms with E-state index in [0.717, 1.165) is 35.3 Å². The fourth-order valence-electron chi connectivity index (χ4n) is 4.14. The number of aliphatic carboxylic acids is 1. The van der Waals surface area contributed by atoms with Gasteiger partial charge in [0.2, 0.25) is 11.8 Å². The number of amides is 2. The smallest absolute Gasteiger partial charge is 0.317 e. The van der Waals surface area contributed by atoms with Gasteiger partial charge >= 0.3 is 5.97 Å². The first-order chi connectivity index (χ1) is 12.8. The standard InChI is InChI=1S/C19H23ClN2O5/c1-11-6-15(20)14-7-12(4-3-5-13(14)19(11)27-2)22-16(23)8-21(9-17(22)24)10-18(25)26/h6,12H,3-5,7-10H2,1-2H3,(H,25,26)/t12-/m0/s1. The maximum absolute atomic E-state index is 12.6. The molecule has 27 heavy (non-hydrogen) atoms. The van der Waals surface area contributed by atoms with Crippen LogP contribution in [0.15, 0.2) is 6.07 Å². The van der Waals surface area contributed by atoms with E-state index in [1.54, 1.807) is 7.11 Å². The number of hydrogen-bond donors (Lipinski definition) is 1. The summed E-state index contributed by atoms with van der Waals surface area (Å²) < 4.78 is 5.56. The number of carbonyl (C=O) groups excluding carboxylic acids is 2. The van der Waals surface area contributed by atoms with Gasteiger partial charge in [-0.25, -0.2) is 0 Å². The molecule has 1 aliphatic carbocycles. The summed E-state index contributed by atoms with van der Waals surface area (Å²) in [6, 6.07) is 1.58. The summed E-state index contributed by atoms with van der Waals surface area (Å²) in [5.41, 5.74) is 2.94. The van der Waals surface area contributed by atoms with Crippen molar-refractivity contribution in [2.45, 2.75) is 38.6 Å². The molecule has 0 radical (unpaired) electrons. The summed E-state index contributed by atoms with van der Waals surface area (Å²) in [6.45, 7) is 1.50. The van der Waals surface area contributed by atoms with E-state index in [1.165, 1.54) is 9.80 Å². The zero-order valence-corrected chi connectivity index (χ0v) is 16.2. The maximum Gasteiger partial charge on any atom is 0.317 e. The normalized spacial score (nSPS) is 21.0. The summed E-state index contributed by atoms with van der Waals surface area (Å²) in [7, 11) is 1.63. The number of aryl methyl sites for hydroxylation is 1. The Bertz CT molecular complexity index is 777. The van der Waals surface area contributed by atoms with Crippen LogP contribution in [-0.4, -0.2) is 65.5 Å². The zero-order valence-electron chi connectivity index (χ0n) is 15.5. The SMILES string of the molecule is COc1c(C)cc(Cl)c2c1CCC[C@H](N1C(=O)CN(CC(=O)O)CC1=O)C2. The van der Waals surface area contributed by atoms with Crippen molar-refractivity contribution < 1.29 is 24.2 Å². The molecule has 1 heterocycles. The number of carboxylic acids is 1. The van der Waals surface area contributed by atoms with Crippen LogP contribution in [0.5, 0.6) is 5.75 Å². The molecule has 1 aliphatic heterocycles. The second kappa shape index (κ2) is 7.86. The minimum absolute atomic E-state index is 0.0631. The molecule has 7 nitrogen and oxygen atoms in total. The molecule has 1 saturated heterocycles. The quantitative estimate of drug-likeness (QED) is 0.617. The number of hydrogen-bond acceptors (Lipinski definition) is 5. The minimum atomic E-state index is -1.05. The molecule has 1 aromatic carbocycles. The van der Waals surface area contributed by atoms with Gasteiger partial charge < -0.3 is 9.84 Å². The molecule has 0 unspecified atom stereocenters. The lowest BCUT2D eigenvalue weighted by Crippen LogP contribution is -2.58. The third-order valence-corrected chi connectivity index (χ3v) is 5.55. The van der Waals surface area contributed by atoms with Crippen LogP contribution in [0.25, 0.3) is 0 Å². The molecule has 0 spiro atoms. The van der Waals surface area contributed by atoms with Gasteiger partial charge in [-0.2, -0.15) is 0 Å². The van der Waals surface area contributed by atoms with Gasteiger partial charge in [0.1, 0.15) is 5.75 Å². The Morgan fingerprint density at radius 3 is 2.56 bits per heavy atom. The number of piperazine rings is 1. The monoisotopic (exact) mass is 394 g/mol. The Morgan fingerprint density at radius 2 is 1.96 bits per heavy atom. The van der Waals surface area contributed by atoms with E-state index in [9.17, 15) is 14.4 Å². The lowest BCUT2D eigenvalue weighted by Gasteiger charge is -2.36. The van der Waals surface area contributed by atoms with Crippen molar-refractivity contribution in [1.82, 2.24) is 9.80 Å². The van der Waals surface area contributed by atoms with Gasteiger partial charge in [0, 0.05) is 11.1 Å². The van der Waals surface area contributed by atoms with E-state index in [-0.39, 0.29) is 37.5 Å². The van der Waals surface area contributed by atoms with Crippen molar-refractivity contribution in [2.75, 3.05) is 26.7 Å². The molecule has 1 aromatic rings. The zero-order chi connectivity index (χ0) is 19.7. The maximum atomic E-state index is 12.6. The molecule has 0 bridgehead atoms. The predicted octanol–water partition coefficient (Wildman–Crippen LogP) is 1.66. The predicted molar refractivity (Wildman–Crippen MR) is 99.1 cm³/mol. The highest BCUT2D eigenvalue weighted by molar-refractivity contribution is 6.31. The largest absolute Gasteiger partial charge is 0.496 e. The fourth-order valence-corrected chi connectivity index (χ4v) is 4.50. The van der Waals surface area contributed by atoms with Gasteiger partial charge in [-0.15, -0.1) is 0 Å². The van der Waals surface area contributed by atoms with Crippen LogP contribution in [0.4, 0.5) is 0 Å². The fraction of sp³-hybridized carbons (Fsp3) is 0.526. The van der Waals surface area contributed by atoms with Gasteiger partial charge in [-0.1, -0.05) is 11.6 Å². The summed E-state index contributed by atoms with van der Waals surface area (Å²) >= 11 is 6.49. The molecular weight excluding hydrogens is 372 g/mol. The number of benzene rings is 1. The summed E-state index contributed by atoms with van der Waals surface area (Å²) in [5, 5.41) is 9.52. The van der Waals surface area contributed by atoms with Crippen molar-refractivity contribution in [1.29, 1.82) is 0 Å². The van der Waals surface area contributed by atoms with E-state index in [2.05, 4.69) is 0 Å². The second-order valence-corrected chi connectivity index (χ2v) is 7.52. The highest BCUT2D eigenvalue weighted by atomic mass is 35.5. The number of ether oxygens (including phenoxy) is 1. The Morgan fingerprint density at radius 1 is 1.30 bits per heavy atom. The van der Waals surface area contributed by atoms with Crippen LogP contribution in [0.3, 0.4) is 0 Å². The highest BCUT2D eigenvalue weighted by Gasteiger charge is 2.38. The average molecular weight is 395 g/mol. The van der Waals surface area contributed by atoms with Crippen LogP contribution < -0.4 is 4.74 Å². The van der Waals surface area contributed by atoms with Crippen molar-refractivity contribution in [3.63, 3.8) is 0 Å². The van der Waals surface area contributed by atoms with Crippen LogP contribution in [-0.2, 0) is 27.2 Å². The molecule has 0 aromatic heterocycles. The third kappa shape index (κ3) is 3.94. The number of carboxylic acid groups (broad SMARTS) is 1. The van der Waals surface area contributed by atoms with Crippen LogP contribution in [0.2, 0.25) is 5.02 Å². The van der Waals surface area contributed by atoms with E-state index in [0.29, 0.717) is 17.9 Å². The Labute approximate surface area is 162 Å². The topological polar surface area (TPSA) is 87.2 Å². The summed E-state index contributed by atoms with van der Waals surface area (Å²) in [6.07, 6.45) is 2.76. The number of fused-ring (bicyclic) bond motifs is 1. The van der Waals surface area contributed by atoms with Crippen LogP contribution >= 0.6 is 11.6 Å². The van der Waals surface area contributed by atoms with Crippen LogP contribution in [0.1, 0.15) is 29.5 Å². The molecule has 146 valence electrons. The molecule has 2 amide bonds. The van der Waals surface area contributed by atoms with Gasteiger partial charge in [0.25, 0.3) is 0 Å². The van der Waals surface area contributed by atoms with Crippen molar-refractivity contribution in [2.24, 2.45) is 0 Å². The van der Waals surface area contributed by atoms with Gasteiger partial charge in [-0.3, -0.25) is 24.2 Å². The van der Waals surface area contributed by atoms with Crippen molar-refractivity contribution in [3.8, 4) is 5.75 Å². The first-order valence-corrected chi connectivity index (χ1v) is 9.33. The molecule has 1 N–H and O–H groups in total. The van der Waals surface area contributed by atoms with Crippen molar-refractivity contribution in [3.05, 3.63) is 27.8 Å². The second-order valence-electron chi connectivity index (χ2n) is 7.11. The van der Waals surface area contributed by atoms with E-state index in [1.807, 2.05) is 13.0 Å². The lowest BCUT2D eigenvalue weighted by molar-refractivity contribution is -0.155. The molecule has 3 rings (SSSR count). The molecule has 8 heteroatoms. The van der Waals surface area contributed by atoms with Gasteiger partial charge in [0.05, 0.1) is 26.7 Å². The number of nitrogens with zero attached hydrogens (tertiary/aromatic N) is 2. The van der Waals surface area contributed by atoms with Gasteiger partial charge in [-0.05, 0) is 55.4 Å². The Hall–Kier alpha value is -2.12. The molecular formula is C19H23ClN2O5. The molecule has 0 saturated carbocycles. The van der Waals surface area contributed by atoms with E-state index in [4.69, 9.17) is 21.4 Å². The minimum Gasteiger partial charge on any atom is -0.496 e. The number of rotatable bonds is 4. The van der Waals surface area contributed by atoms with E-state index >= 15 is 0 Å². The van der Waals surface area contributed by atoms with Crippen LogP contribution in [0, 0.1) is 6.92 Å².